The van der Waals surface area contributed by atoms with E-state index in [0.717, 1.165) is 33.7 Å². The summed E-state index contributed by atoms with van der Waals surface area (Å²) in [6.45, 7) is 4.04. The van der Waals surface area contributed by atoms with Gasteiger partial charge in [-0.15, -0.1) is 0 Å². The van der Waals surface area contributed by atoms with E-state index < -0.39 is 0 Å². The Kier molecular flexibility index (Phi) is 5.42. The molecular weight excluding hydrogens is 382 g/mol. The molecule has 5 heteroatoms. The first-order valence-electron chi connectivity index (χ1n) is 8.47. The molecule has 0 radical (unpaired) electrons. The fraction of sp³-hybridized carbons (Fsp3) is 0.400. The lowest BCUT2D eigenvalue weighted by Crippen LogP contribution is -2.09. The number of ether oxygens (including phenoxy) is 2. The standard InChI is InChI=1S/C20H22BrNO3/c1-12-15(6-14-4-5-14)7-16(20(23)24-3)9-19(12)25-13(2)17-8-18(21)11-22-10-17/h7-11,13-14H,4-6H2,1-3H3. The number of pyridine rings is 1. The third kappa shape index (κ3) is 4.40. The molecule has 1 fully saturated rings. The third-order valence-electron chi connectivity index (χ3n) is 4.59. The molecule has 2 aromatic rings. The molecule has 0 spiro atoms. The van der Waals surface area contributed by atoms with Crippen molar-refractivity contribution < 1.29 is 14.3 Å². The van der Waals surface area contributed by atoms with Crippen LogP contribution in [0.2, 0.25) is 0 Å². The Bertz CT molecular complexity index is 787. The predicted molar refractivity (Wildman–Crippen MR) is 99.9 cm³/mol. The highest BCUT2D eigenvalue weighted by Crippen LogP contribution is 2.36. The number of halogens is 1. The fourth-order valence-electron chi connectivity index (χ4n) is 2.86. The molecular formula is C20H22BrNO3. The van der Waals surface area contributed by atoms with Gasteiger partial charge in [0.2, 0.25) is 0 Å². The largest absolute Gasteiger partial charge is 0.486 e. The average molecular weight is 404 g/mol. The topological polar surface area (TPSA) is 48.4 Å². The Morgan fingerprint density at radius 1 is 1.32 bits per heavy atom. The van der Waals surface area contributed by atoms with Crippen molar-refractivity contribution >= 4 is 21.9 Å². The van der Waals surface area contributed by atoms with Crippen molar-refractivity contribution in [3.8, 4) is 5.75 Å². The van der Waals surface area contributed by atoms with E-state index >= 15 is 0 Å². The SMILES string of the molecule is COC(=O)c1cc(CC2CC2)c(C)c(OC(C)c2cncc(Br)c2)c1. The summed E-state index contributed by atoms with van der Waals surface area (Å²) in [5.74, 6) is 1.12. The second-order valence-electron chi connectivity index (χ2n) is 6.59. The van der Waals surface area contributed by atoms with E-state index in [1.807, 2.05) is 19.1 Å². The molecule has 132 valence electrons. The van der Waals surface area contributed by atoms with Crippen molar-refractivity contribution in [1.29, 1.82) is 0 Å². The van der Waals surface area contributed by atoms with Crippen LogP contribution in [0.25, 0.3) is 0 Å². The van der Waals surface area contributed by atoms with Gasteiger partial charge in [-0.2, -0.15) is 0 Å². The van der Waals surface area contributed by atoms with Gasteiger partial charge in [0.05, 0.1) is 12.7 Å². The maximum Gasteiger partial charge on any atom is 0.337 e. The highest BCUT2D eigenvalue weighted by molar-refractivity contribution is 9.10. The quantitative estimate of drug-likeness (QED) is 0.634. The van der Waals surface area contributed by atoms with Gasteiger partial charge in [-0.05, 0) is 84.3 Å². The maximum atomic E-state index is 12.0. The van der Waals surface area contributed by atoms with E-state index in [2.05, 4.69) is 27.8 Å². The minimum atomic E-state index is -0.335. The molecule has 1 aliphatic carbocycles. The summed E-state index contributed by atoms with van der Waals surface area (Å²) in [5, 5.41) is 0. The number of benzene rings is 1. The number of nitrogens with zero attached hydrogens (tertiary/aromatic N) is 1. The van der Waals surface area contributed by atoms with Crippen LogP contribution in [0.1, 0.15) is 52.9 Å². The summed E-state index contributed by atoms with van der Waals surface area (Å²) in [7, 11) is 1.40. The summed E-state index contributed by atoms with van der Waals surface area (Å²) >= 11 is 3.44. The van der Waals surface area contributed by atoms with Gasteiger partial charge in [-0.25, -0.2) is 4.79 Å². The number of rotatable bonds is 6. The lowest BCUT2D eigenvalue weighted by molar-refractivity contribution is 0.0599. The molecule has 1 aliphatic rings. The summed E-state index contributed by atoms with van der Waals surface area (Å²) in [6, 6.07) is 5.71. The molecule has 4 nitrogen and oxygen atoms in total. The van der Waals surface area contributed by atoms with Crippen molar-refractivity contribution in [2.75, 3.05) is 7.11 Å². The van der Waals surface area contributed by atoms with E-state index in [-0.39, 0.29) is 12.1 Å². The number of carbonyl (C=O) groups excluding carboxylic acids is 1. The van der Waals surface area contributed by atoms with Gasteiger partial charge in [0.25, 0.3) is 0 Å². The van der Waals surface area contributed by atoms with Crippen LogP contribution in [0, 0.1) is 12.8 Å². The van der Waals surface area contributed by atoms with Crippen molar-refractivity contribution in [2.45, 2.75) is 39.2 Å². The van der Waals surface area contributed by atoms with Gasteiger partial charge in [0.1, 0.15) is 11.9 Å². The van der Waals surface area contributed by atoms with Crippen LogP contribution in [-0.4, -0.2) is 18.1 Å². The van der Waals surface area contributed by atoms with Crippen molar-refractivity contribution in [1.82, 2.24) is 4.98 Å². The molecule has 1 saturated carbocycles. The normalized spacial score (nSPS) is 14.9. The second-order valence-corrected chi connectivity index (χ2v) is 7.51. The summed E-state index contributed by atoms with van der Waals surface area (Å²) in [5.41, 5.74) is 3.77. The van der Waals surface area contributed by atoms with Crippen molar-refractivity contribution in [2.24, 2.45) is 5.92 Å². The Balaban J connectivity index is 1.91. The smallest absolute Gasteiger partial charge is 0.337 e. The highest BCUT2D eigenvalue weighted by atomic mass is 79.9. The minimum absolute atomic E-state index is 0.176. The first kappa shape index (κ1) is 17.9. The lowest BCUT2D eigenvalue weighted by atomic mass is 9.99. The van der Waals surface area contributed by atoms with Crippen LogP contribution < -0.4 is 4.74 Å². The lowest BCUT2D eigenvalue weighted by Gasteiger charge is -2.19. The molecule has 1 aromatic heterocycles. The molecule has 1 aromatic carbocycles. The Morgan fingerprint density at radius 3 is 2.72 bits per heavy atom. The molecule has 1 atom stereocenters. The Labute approximate surface area is 156 Å². The zero-order valence-corrected chi connectivity index (χ0v) is 16.3. The van der Waals surface area contributed by atoms with Crippen LogP contribution in [0.15, 0.2) is 35.1 Å². The van der Waals surface area contributed by atoms with Gasteiger partial charge >= 0.3 is 5.97 Å². The average Bonchev–Trinajstić information content (AvgIpc) is 3.41. The van der Waals surface area contributed by atoms with E-state index in [1.165, 1.54) is 25.5 Å². The molecule has 0 saturated heterocycles. The number of hydrogen-bond acceptors (Lipinski definition) is 4. The molecule has 0 N–H and O–H groups in total. The first-order valence-corrected chi connectivity index (χ1v) is 9.26. The maximum absolute atomic E-state index is 12.0. The number of carbonyl (C=O) groups is 1. The number of hydrogen-bond donors (Lipinski definition) is 0. The summed E-state index contributed by atoms with van der Waals surface area (Å²) in [4.78, 5) is 16.2. The Hall–Kier alpha value is -1.88. The number of aromatic nitrogens is 1. The highest BCUT2D eigenvalue weighted by Gasteiger charge is 2.24. The van der Waals surface area contributed by atoms with Gasteiger partial charge in [0.15, 0.2) is 0 Å². The zero-order chi connectivity index (χ0) is 18.0. The fourth-order valence-corrected chi connectivity index (χ4v) is 3.24. The summed E-state index contributed by atoms with van der Waals surface area (Å²) < 4.78 is 12.0. The molecule has 1 unspecified atom stereocenters. The molecule has 0 bridgehead atoms. The second kappa shape index (κ2) is 7.56. The molecule has 25 heavy (non-hydrogen) atoms. The monoisotopic (exact) mass is 403 g/mol. The first-order chi connectivity index (χ1) is 12.0. The van der Waals surface area contributed by atoms with Crippen LogP contribution >= 0.6 is 15.9 Å². The number of methoxy groups -OCH3 is 1. The van der Waals surface area contributed by atoms with Crippen molar-refractivity contribution in [3.05, 3.63) is 57.3 Å². The van der Waals surface area contributed by atoms with Crippen LogP contribution in [0.5, 0.6) is 5.75 Å². The van der Waals surface area contributed by atoms with Gasteiger partial charge < -0.3 is 9.47 Å². The van der Waals surface area contributed by atoms with Crippen molar-refractivity contribution in [3.63, 3.8) is 0 Å². The third-order valence-corrected chi connectivity index (χ3v) is 5.03. The molecule has 3 rings (SSSR count). The number of esters is 1. The van der Waals surface area contributed by atoms with Gasteiger partial charge in [-0.3, -0.25) is 4.98 Å². The van der Waals surface area contributed by atoms with E-state index in [0.29, 0.717) is 5.56 Å². The van der Waals surface area contributed by atoms with E-state index in [9.17, 15) is 4.79 Å². The Morgan fingerprint density at radius 2 is 2.08 bits per heavy atom. The van der Waals surface area contributed by atoms with E-state index in [1.54, 1.807) is 18.5 Å². The molecule has 1 heterocycles. The van der Waals surface area contributed by atoms with Crippen LogP contribution in [-0.2, 0) is 11.2 Å². The predicted octanol–water partition coefficient (Wildman–Crippen LogP) is 5.03. The summed E-state index contributed by atoms with van der Waals surface area (Å²) in [6.07, 6.45) is 6.87. The molecule has 0 amide bonds. The van der Waals surface area contributed by atoms with E-state index in [4.69, 9.17) is 9.47 Å². The van der Waals surface area contributed by atoms with Gasteiger partial charge in [0, 0.05) is 22.4 Å². The zero-order valence-electron chi connectivity index (χ0n) is 14.7. The molecule has 0 aliphatic heterocycles. The van der Waals surface area contributed by atoms with Crippen LogP contribution in [0.3, 0.4) is 0 Å². The van der Waals surface area contributed by atoms with Gasteiger partial charge in [-0.1, -0.05) is 0 Å². The minimum Gasteiger partial charge on any atom is -0.486 e. The van der Waals surface area contributed by atoms with Crippen LogP contribution in [0.4, 0.5) is 0 Å².